The summed E-state index contributed by atoms with van der Waals surface area (Å²) in [4.78, 5) is 2.69. The average Bonchev–Trinajstić information content (AvgIpc) is 2.72. The third-order valence-electron chi connectivity index (χ3n) is 5.13. The molecule has 2 unspecified atom stereocenters. The van der Waals surface area contributed by atoms with E-state index in [0.717, 1.165) is 11.8 Å². The van der Waals surface area contributed by atoms with Gasteiger partial charge in [-0.1, -0.05) is 37.1 Å². The van der Waals surface area contributed by atoms with Crippen molar-refractivity contribution in [2.75, 3.05) is 19.0 Å². The van der Waals surface area contributed by atoms with Gasteiger partial charge in [-0.3, -0.25) is 4.90 Å². The highest BCUT2D eigenvalue weighted by atomic mass is 35.5. The van der Waals surface area contributed by atoms with E-state index in [1.165, 1.54) is 58.0 Å². The number of rotatable bonds is 3. The lowest BCUT2D eigenvalue weighted by atomic mass is 9.82. The molecule has 1 aliphatic heterocycles. The molecule has 0 saturated carbocycles. The summed E-state index contributed by atoms with van der Waals surface area (Å²) >= 11 is 6.22. The van der Waals surface area contributed by atoms with Gasteiger partial charge in [-0.05, 0) is 55.7 Å². The van der Waals surface area contributed by atoms with Crippen LogP contribution in [0.25, 0.3) is 0 Å². The zero-order valence-corrected chi connectivity index (χ0v) is 13.1. The van der Waals surface area contributed by atoms with E-state index in [1.54, 1.807) is 11.1 Å². The maximum atomic E-state index is 6.22. The minimum atomic E-state index is 0.605. The van der Waals surface area contributed by atoms with Crippen molar-refractivity contribution in [3.05, 3.63) is 35.4 Å². The van der Waals surface area contributed by atoms with Crippen molar-refractivity contribution >= 4 is 11.6 Å². The summed E-state index contributed by atoms with van der Waals surface area (Å²) in [5.74, 6) is 1.53. The van der Waals surface area contributed by atoms with Gasteiger partial charge in [-0.25, -0.2) is 0 Å². The number of hydrogen-bond acceptors (Lipinski definition) is 1. The van der Waals surface area contributed by atoms with Crippen molar-refractivity contribution in [3.8, 4) is 0 Å². The molecule has 1 aliphatic carbocycles. The highest BCUT2D eigenvalue weighted by Gasteiger charge is 2.26. The Morgan fingerprint density at radius 1 is 1.05 bits per heavy atom. The van der Waals surface area contributed by atoms with Crippen LogP contribution in [0.5, 0.6) is 0 Å². The van der Waals surface area contributed by atoms with Gasteiger partial charge in [-0.2, -0.15) is 0 Å². The SMILES string of the molecule is ClCC1CCCCCN1CC1CCCc2ccccc21. The van der Waals surface area contributed by atoms with Crippen molar-refractivity contribution < 1.29 is 0 Å². The lowest BCUT2D eigenvalue weighted by Gasteiger charge is -2.34. The maximum absolute atomic E-state index is 6.22. The largest absolute Gasteiger partial charge is 0.299 e. The molecule has 3 rings (SSSR count). The van der Waals surface area contributed by atoms with Crippen LogP contribution in [0.3, 0.4) is 0 Å². The number of likely N-dealkylation sites (tertiary alicyclic amines) is 1. The molecule has 2 heteroatoms. The zero-order valence-electron chi connectivity index (χ0n) is 12.4. The lowest BCUT2D eigenvalue weighted by molar-refractivity contribution is 0.196. The predicted octanol–water partition coefficient (Wildman–Crippen LogP) is 4.59. The summed E-state index contributed by atoms with van der Waals surface area (Å²) in [6.45, 7) is 2.46. The van der Waals surface area contributed by atoms with Crippen LogP contribution >= 0.6 is 11.6 Å². The van der Waals surface area contributed by atoms with Gasteiger partial charge in [0.25, 0.3) is 0 Å². The maximum Gasteiger partial charge on any atom is 0.0379 e. The van der Waals surface area contributed by atoms with Crippen molar-refractivity contribution in [1.82, 2.24) is 4.90 Å². The summed E-state index contributed by atoms with van der Waals surface area (Å²) in [5.41, 5.74) is 3.19. The van der Waals surface area contributed by atoms with E-state index in [1.807, 2.05) is 0 Å². The van der Waals surface area contributed by atoms with Gasteiger partial charge < -0.3 is 0 Å². The van der Waals surface area contributed by atoms with Gasteiger partial charge in [0.05, 0.1) is 0 Å². The summed E-state index contributed by atoms with van der Waals surface area (Å²) in [6.07, 6.45) is 9.34. The molecular weight excluding hydrogens is 266 g/mol. The molecule has 1 saturated heterocycles. The number of hydrogen-bond donors (Lipinski definition) is 0. The van der Waals surface area contributed by atoms with E-state index in [0.29, 0.717) is 6.04 Å². The summed E-state index contributed by atoms with van der Waals surface area (Å²) in [5, 5.41) is 0. The van der Waals surface area contributed by atoms with Crippen molar-refractivity contribution in [2.45, 2.75) is 56.9 Å². The zero-order chi connectivity index (χ0) is 13.8. The van der Waals surface area contributed by atoms with Crippen LogP contribution in [-0.2, 0) is 6.42 Å². The Balaban J connectivity index is 1.73. The first-order chi connectivity index (χ1) is 9.88. The molecule has 20 heavy (non-hydrogen) atoms. The monoisotopic (exact) mass is 291 g/mol. The smallest absolute Gasteiger partial charge is 0.0379 e. The highest BCUT2D eigenvalue weighted by molar-refractivity contribution is 6.18. The molecule has 0 radical (unpaired) electrons. The van der Waals surface area contributed by atoms with E-state index >= 15 is 0 Å². The number of benzene rings is 1. The van der Waals surface area contributed by atoms with Gasteiger partial charge in [-0.15, -0.1) is 11.6 Å². The third-order valence-corrected chi connectivity index (χ3v) is 5.48. The Kier molecular flexibility index (Phi) is 5.01. The molecule has 0 N–H and O–H groups in total. The third kappa shape index (κ3) is 3.20. The Morgan fingerprint density at radius 3 is 2.85 bits per heavy atom. The van der Waals surface area contributed by atoms with Crippen LogP contribution in [-0.4, -0.2) is 29.9 Å². The first kappa shape index (κ1) is 14.4. The van der Waals surface area contributed by atoms with E-state index in [-0.39, 0.29) is 0 Å². The van der Waals surface area contributed by atoms with Crippen LogP contribution in [0.2, 0.25) is 0 Å². The van der Waals surface area contributed by atoms with Crippen molar-refractivity contribution in [1.29, 1.82) is 0 Å². The second-order valence-electron chi connectivity index (χ2n) is 6.44. The average molecular weight is 292 g/mol. The van der Waals surface area contributed by atoms with Gasteiger partial charge in [0.2, 0.25) is 0 Å². The van der Waals surface area contributed by atoms with Crippen LogP contribution in [0.1, 0.15) is 55.6 Å². The lowest BCUT2D eigenvalue weighted by Crippen LogP contribution is -2.39. The minimum absolute atomic E-state index is 0.605. The molecule has 1 aromatic carbocycles. The first-order valence-corrected chi connectivity index (χ1v) is 8.80. The highest BCUT2D eigenvalue weighted by Crippen LogP contribution is 2.33. The normalized spacial score (nSPS) is 27.9. The van der Waals surface area contributed by atoms with Gasteiger partial charge in [0.1, 0.15) is 0 Å². The van der Waals surface area contributed by atoms with Gasteiger partial charge >= 0.3 is 0 Å². The summed E-state index contributed by atoms with van der Waals surface area (Å²) in [6, 6.07) is 9.68. The summed E-state index contributed by atoms with van der Waals surface area (Å²) < 4.78 is 0. The molecule has 0 amide bonds. The summed E-state index contributed by atoms with van der Waals surface area (Å²) in [7, 11) is 0. The standard InChI is InChI=1S/C18H26ClN/c19-13-17-10-2-1-5-12-20(17)14-16-9-6-8-15-7-3-4-11-18(15)16/h3-4,7,11,16-17H,1-2,5-6,8-10,12-14H2. The van der Waals surface area contributed by atoms with E-state index in [4.69, 9.17) is 11.6 Å². The van der Waals surface area contributed by atoms with Gasteiger partial charge in [0, 0.05) is 18.5 Å². The molecular formula is C18H26ClN. The number of nitrogens with zero attached hydrogens (tertiary/aromatic N) is 1. The number of fused-ring (bicyclic) bond motifs is 1. The van der Waals surface area contributed by atoms with Crippen LogP contribution in [0.4, 0.5) is 0 Å². The Morgan fingerprint density at radius 2 is 1.95 bits per heavy atom. The van der Waals surface area contributed by atoms with E-state index < -0.39 is 0 Å². The molecule has 2 atom stereocenters. The van der Waals surface area contributed by atoms with Gasteiger partial charge in [0.15, 0.2) is 0 Å². The molecule has 0 spiro atoms. The predicted molar refractivity (Wildman–Crippen MR) is 86.7 cm³/mol. The van der Waals surface area contributed by atoms with Crippen LogP contribution < -0.4 is 0 Å². The number of halogens is 1. The Hall–Kier alpha value is -0.530. The fourth-order valence-corrected chi connectivity index (χ4v) is 4.33. The molecule has 0 aromatic heterocycles. The van der Waals surface area contributed by atoms with E-state index in [9.17, 15) is 0 Å². The number of aryl methyl sites for hydroxylation is 1. The number of alkyl halides is 1. The van der Waals surface area contributed by atoms with E-state index in [2.05, 4.69) is 29.2 Å². The molecule has 1 heterocycles. The molecule has 1 nitrogen and oxygen atoms in total. The molecule has 1 aromatic rings. The van der Waals surface area contributed by atoms with Crippen molar-refractivity contribution in [2.24, 2.45) is 0 Å². The van der Waals surface area contributed by atoms with Crippen molar-refractivity contribution in [3.63, 3.8) is 0 Å². The molecule has 1 fully saturated rings. The second kappa shape index (κ2) is 6.95. The quantitative estimate of drug-likeness (QED) is 0.736. The fraction of sp³-hybridized carbons (Fsp3) is 0.667. The molecule has 0 bridgehead atoms. The Labute approximate surface area is 128 Å². The van der Waals surface area contributed by atoms with Crippen LogP contribution in [0, 0.1) is 0 Å². The Bertz CT molecular complexity index is 431. The molecule has 110 valence electrons. The first-order valence-electron chi connectivity index (χ1n) is 8.26. The van der Waals surface area contributed by atoms with Crippen LogP contribution in [0.15, 0.2) is 24.3 Å². The minimum Gasteiger partial charge on any atom is -0.299 e. The second-order valence-corrected chi connectivity index (χ2v) is 6.75. The fourth-order valence-electron chi connectivity index (χ4n) is 3.98. The molecule has 2 aliphatic rings. The topological polar surface area (TPSA) is 3.24 Å².